The monoisotopic (exact) mass is 288 g/mol. The Kier molecular flexibility index (Phi) is 6.47. The van der Waals surface area contributed by atoms with Crippen LogP contribution in [0.25, 0.3) is 0 Å². The molecule has 3 nitrogen and oxygen atoms in total. The fourth-order valence-electron chi connectivity index (χ4n) is 2.04. The highest BCUT2D eigenvalue weighted by Crippen LogP contribution is 2.15. The molecule has 100 valence electrons. The third-order valence-electron chi connectivity index (χ3n) is 3.08. The van der Waals surface area contributed by atoms with Crippen molar-refractivity contribution in [2.24, 2.45) is 5.92 Å². The van der Waals surface area contributed by atoms with E-state index in [1.165, 1.54) is 0 Å². The lowest BCUT2D eigenvalue weighted by Crippen LogP contribution is -2.33. The summed E-state index contributed by atoms with van der Waals surface area (Å²) in [6.45, 7) is 2.40. The van der Waals surface area contributed by atoms with Crippen molar-refractivity contribution in [2.45, 2.75) is 12.8 Å². The summed E-state index contributed by atoms with van der Waals surface area (Å²) in [4.78, 5) is 11.7. The van der Waals surface area contributed by atoms with Crippen molar-refractivity contribution in [2.75, 3.05) is 19.6 Å². The SMILES string of the molecule is Cl.O=C(NCCc1ccccc1Cl)C1CCNC1. The summed E-state index contributed by atoms with van der Waals surface area (Å²) in [5.41, 5.74) is 1.08. The minimum absolute atomic E-state index is 0. The lowest BCUT2D eigenvalue weighted by Gasteiger charge is -2.10. The average molecular weight is 289 g/mol. The zero-order valence-electron chi connectivity index (χ0n) is 10.1. The largest absolute Gasteiger partial charge is 0.355 e. The van der Waals surface area contributed by atoms with Crippen LogP contribution in [0.1, 0.15) is 12.0 Å². The molecule has 0 radical (unpaired) electrons. The van der Waals surface area contributed by atoms with Crippen LogP contribution in [0, 0.1) is 5.92 Å². The second-order valence-corrected chi connectivity index (χ2v) is 4.73. The van der Waals surface area contributed by atoms with Crippen LogP contribution in [-0.2, 0) is 11.2 Å². The van der Waals surface area contributed by atoms with E-state index >= 15 is 0 Å². The van der Waals surface area contributed by atoms with Gasteiger partial charge in [-0.1, -0.05) is 29.8 Å². The van der Waals surface area contributed by atoms with Crippen LogP contribution in [-0.4, -0.2) is 25.5 Å². The van der Waals surface area contributed by atoms with Crippen molar-refractivity contribution in [3.63, 3.8) is 0 Å². The van der Waals surface area contributed by atoms with Crippen LogP contribution in [0.3, 0.4) is 0 Å². The molecule has 1 aromatic carbocycles. The third kappa shape index (κ3) is 4.16. The summed E-state index contributed by atoms with van der Waals surface area (Å²) >= 11 is 6.04. The summed E-state index contributed by atoms with van der Waals surface area (Å²) in [7, 11) is 0. The van der Waals surface area contributed by atoms with Gasteiger partial charge in [0.05, 0.1) is 5.92 Å². The quantitative estimate of drug-likeness (QED) is 0.890. The van der Waals surface area contributed by atoms with Gasteiger partial charge in [-0.25, -0.2) is 0 Å². The molecule has 1 aromatic rings. The van der Waals surface area contributed by atoms with Crippen molar-refractivity contribution in [3.05, 3.63) is 34.9 Å². The lowest BCUT2D eigenvalue weighted by atomic mass is 10.1. The molecule has 0 spiro atoms. The molecular weight excluding hydrogens is 271 g/mol. The number of carbonyl (C=O) groups excluding carboxylic acids is 1. The Balaban J connectivity index is 0.00000162. The molecule has 2 N–H and O–H groups in total. The number of hydrogen-bond acceptors (Lipinski definition) is 2. The normalized spacial score (nSPS) is 18.2. The second kappa shape index (κ2) is 7.62. The molecule has 1 unspecified atom stereocenters. The zero-order chi connectivity index (χ0) is 12.1. The molecule has 1 saturated heterocycles. The predicted molar refractivity (Wildman–Crippen MR) is 76.4 cm³/mol. The van der Waals surface area contributed by atoms with Gasteiger partial charge in [0.15, 0.2) is 0 Å². The van der Waals surface area contributed by atoms with Crippen LogP contribution >= 0.6 is 24.0 Å². The molecule has 1 atom stereocenters. The molecule has 0 bridgehead atoms. The smallest absolute Gasteiger partial charge is 0.224 e. The Morgan fingerprint density at radius 1 is 1.44 bits per heavy atom. The van der Waals surface area contributed by atoms with Crippen molar-refractivity contribution in [3.8, 4) is 0 Å². The van der Waals surface area contributed by atoms with Gasteiger partial charge in [0.1, 0.15) is 0 Å². The summed E-state index contributed by atoms with van der Waals surface area (Å²) in [6, 6.07) is 7.74. The number of hydrogen-bond donors (Lipinski definition) is 2. The van der Waals surface area contributed by atoms with Gasteiger partial charge in [-0.3, -0.25) is 4.79 Å². The van der Waals surface area contributed by atoms with Crippen LogP contribution in [0.15, 0.2) is 24.3 Å². The summed E-state index contributed by atoms with van der Waals surface area (Å²) in [6.07, 6.45) is 1.73. The van der Waals surface area contributed by atoms with Gasteiger partial charge in [-0.05, 0) is 31.0 Å². The Bertz CT molecular complexity index is 392. The maximum Gasteiger partial charge on any atom is 0.224 e. The molecule has 1 aliphatic heterocycles. The summed E-state index contributed by atoms with van der Waals surface area (Å²) in [5.74, 6) is 0.295. The number of benzene rings is 1. The van der Waals surface area contributed by atoms with Crippen LogP contribution < -0.4 is 10.6 Å². The summed E-state index contributed by atoms with van der Waals surface area (Å²) in [5, 5.41) is 6.92. The van der Waals surface area contributed by atoms with Gasteiger partial charge in [0, 0.05) is 18.1 Å². The first kappa shape index (κ1) is 15.3. The molecule has 1 aliphatic rings. The van der Waals surface area contributed by atoms with Gasteiger partial charge >= 0.3 is 0 Å². The Morgan fingerprint density at radius 2 is 2.22 bits per heavy atom. The van der Waals surface area contributed by atoms with Gasteiger partial charge < -0.3 is 10.6 Å². The number of nitrogens with one attached hydrogen (secondary N) is 2. The van der Waals surface area contributed by atoms with Gasteiger partial charge in [0.2, 0.25) is 5.91 Å². The molecular formula is C13H18Cl2N2O. The fraction of sp³-hybridized carbons (Fsp3) is 0.462. The standard InChI is InChI=1S/C13H17ClN2O.ClH/c14-12-4-2-1-3-10(12)6-8-16-13(17)11-5-7-15-9-11;/h1-4,11,15H,5-9H2,(H,16,17);1H. The Labute approximate surface area is 119 Å². The van der Waals surface area contributed by atoms with E-state index in [0.717, 1.165) is 36.5 Å². The Hall–Kier alpha value is -0.770. The molecule has 0 aliphatic carbocycles. The van der Waals surface area contributed by atoms with Crippen LogP contribution in [0.5, 0.6) is 0 Å². The maximum atomic E-state index is 11.7. The first-order valence-electron chi connectivity index (χ1n) is 5.99. The second-order valence-electron chi connectivity index (χ2n) is 4.32. The molecule has 1 heterocycles. The lowest BCUT2D eigenvalue weighted by molar-refractivity contribution is -0.124. The molecule has 5 heteroatoms. The number of amides is 1. The predicted octanol–water partition coefficient (Wildman–Crippen LogP) is 2.03. The van der Waals surface area contributed by atoms with Crippen molar-refractivity contribution in [1.29, 1.82) is 0 Å². The minimum Gasteiger partial charge on any atom is -0.355 e. The van der Waals surface area contributed by atoms with Crippen molar-refractivity contribution >= 4 is 29.9 Å². The van der Waals surface area contributed by atoms with Crippen molar-refractivity contribution in [1.82, 2.24) is 10.6 Å². The highest BCUT2D eigenvalue weighted by molar-refractivity contribution is 6.31. The van der Waals surface area contributed by atoms with E-state index in [9.17, 15) is 4.79 Å². The molecule has 2 rings (SSSR count). The van der Waals surface area contributed by atoms with E-state index in [4.69, 9.17) is 11.6 Å². The minimum atomic E-state index is 0. The number of carbonyl (C=O) groups is 1. The highest BCUT2D eigenvalue weighted by atomic mass is 35.5. The number of rotatable bonds is 4. The first-order valence-corrected chi connectivity index (χ1v) is 6.37. The molecule has 0 saturated carbocycles. The van der Waals surface area contributed by atoms with E-state index in [-0.39, 0.29) is 24.2 Å². The zero-order valence-corrected chi connectivity index (χ0v) is 11.7. The molecule has 18 heavy (non-hydrogen) atoms. The van der Waals surface area contributed by atoms with Crippen molar-refractivity contribution < 1.29 is 4.79 Å². The summed E-state index contributed by atoms with van der Waals surface area (Å²) < 4.78 is 0. The van der Waals surface area contributed by atoms with Crippen LogP contribution in [0.2, 0.25) is 5.02 Å². The first-order chi connectivity index (χ1) is 8.27. The van der Waals surface area contributed by atoms with E-state index in [1.54, 1.807) is 0 Å². The molecule has 0 aromatic heterocycles. The maximum absolute atomic E-state index is 11.7. The van der Waals surface area contributed by atoms with Crippen LogP contribution in [0.4, 0.5) is 0 Å². The van der Waals surface area contributed by atoms with E-state index in [1.807, 2.05) is 24.3 Å². The highest BCUT2D eigenvalue weighted by Gasteiger charge is 2.21. The van der Waals surface area contributed by atoms with Gasteiger partial charge in [0.25, 0.3) is 0 Å². The van der Waals surface area contributed by atoms with E-state index in [2.05, 4.69) is 10.6 Å². The van der Waals surface area contributed by atoms with E-state index < -0.39 is 0 Å². The Morgan fingerprint density at radius 3 is 2.89 bits per heavy atom. The molecule has 1 fully saturated rings. The number of halogens is 2. The average Bonchev–Trinajstić information content (AvgIpc) is 2.85. The topological polar surface area (TPSA) is 41.1 Å². The van der Waals surface area contributed by atoms with Gasteiger partial charge in [-0.2, -0.15) is 0 Å². The third-order valence-corrected chi connectivity index (χ3v) is 3.45. The van der Waals surface area contributed by atoms with Gasteiger partial charge in [-0.15, -0.1) is 12.4 Å². The fourth-order valence-corrected chi connectivity index (χ4v) is 2.27. The molecule has 1 amide bonds. The van der Waals surface area contributed by atoms with E-state index in [0.29, 0.717) is 6.54 Å².